The third-order valence-corrected chi connectivity index (χ3v) is 10.2. The zero-order chi connectivity index (χ0) is 37.2. The highest BCUT2D eigenvalue weighted by atomic mass is 32.2. The quantitative estimate of drug-likeness (QED) is 0.0805. The smallest absolute Gasteiger partial charge is 0.272 e. The summed E-state index contributed by atoms with van der Waals surface area (Å²) in [6, 6.07) is 41.0. The van der Waals surface area contributed by atoms with E-state index in [1.807, 2.05) is 118 Å². The van der Waals surface area contributed by atoms with Crippen molar-refractivity contribution in [2.75, 3.05) is 17.2 Å². The normalized spacial score (nSPS) is 11.7. The van der Waals surface area contributed by atoms with Crippen LogP contribution in [0.1, 0.15) is 44.1 Å². The Morgan fingerprint density at radius 3 is 2.11 bits per heavy atom. The minimum Gasteiger partial charge on any atom is -0.494 e. The van der Waals surface area contributed by atoms with E-state index in [1.54, 1.807) is 42.5 Å². The van der Waals surface area contributed by atoms with Crippen molar-refractivity contribution in [2.24, 2.45) is 0 Å². The van der Waals surface area contributed by atoms with Gasteiger partial charge in [0.2, 0.25) is 5.91 Å². The summed E-state index contributed by atoms with van der Waals surface area (Å²) in [7, 11) is 0. The van der Waals surface area contributed by atoms with E-state index in [0.29, 0.717) is 34.3 Å². The summed E-state index contributed by atoms with van der Waals surface area (Å²) in [6.07, 6.45) is 1.62. The molecule has 1 heterocycles. The summed E-state index contributed by atoms with van der Waals surface area (Å²) < 4.78 is 5.54. The number of hydrogen-bond acceptors (Lipinski definition) is 7. The number of thioether (sulfide) groups is 1. The first-order valence-electron chi connectivity index (χ1n) is 17.0. The summed E-state index contributed by atoms with van der Waals surface area (Å²) in [6.45, 7) is 6.49. The topological polar surface area (TPSA) is 109 Å². The molecule has 0 saturated heterocycles. The van der Waals surface area contributed by atoms with Crippen LogP contribution < -0.4 is 20.7 Å². The number of hydrogen-bond donors (Lipinski definition) is 3. The van der Waals surface area contributed by atoms with Crippen molar-refractivity contribution in [3.05, 3.63) is 166 Å². The van der Waals surface area contributed by atoms with Crippen molar-refractivity contribution in [1.29, 1.82) is 0 Å². The maximum absolute atomic E-state index is 13.8. The Bertz CT molecular complexity index is 2200. The molecule has 1 aromatic heterocycles. The van der Waals surface area contributed by atoms with Crippen molar-refractivity contribution in [3.63, 3.8) is 0 Å². The van der Waals surface area contributed by atoms with Crippen LogP contribution in [0.3, 0.4) is 0 Å². The number of anilines is 2. The van der Waals surface area contributed by atoms with Crippen molar-refractivity contribution < 1.29 is 19.1 Å². The number of carbonyl (C=O) groups excluding carboxylic acids is 3. The van der Waals surface area contributed by atoms with Gasteiger partial charge in [0.1, 0.15) is 16.7 Å². The minimum atomic E-state index is -0.569. The molecule has 0 radical (unpaired) electrons. The molecule has 10 heteroatoms. The Morgan fingerprint density at radius 1 is 0.792 bits per heavy atom. The van der Waals surface area contributed by atoms with E-state index >= 15 is 0 Å². The number of amides is 3. The summed E-state index contributed by atoms with van der Waals surface area (Å²) in [5.41, 5.74) is 5.60. The van der Waals surface area contributed by atoms with Crippen LogP contribution in [0.15, 0.2) is 144 Å². The monoisotopic (exact) mass is 738 g/mol. The number of nitrogens with one attached hydrogen (secondary N) is 3. The Balaban J connectivity index is 1.18. The Kier molecular flexibility index (Phi) is 12.2. The molecule has 0 fully saturated rings. The average molecular weight is 739 g/mol. The van der Waals surface area contributed by atoms with E-state index in [1.165, 1.54) is 28.7 Å². The molecule has 0 spiro atoms. The van der Waals surface area contributed by atoms with Crippen LogP contribution in [-0.4, -0.2) is 29.3 Å². The predicted molar refractivity (Wildman–Crippen MR) is 215 cm³/mol. The van der Waals surface area contributed by atoms with Gasteiger partial charge in [-0.25, -0.2) is 4.98 Å². The standard InChI is InChI=1S/C43H38N4O4S2/c1-4-51-35-23-17-30(18-24-35)27-37(45-40(48)33-13-9-6-10-14-33)41(49)44-34-21-25-36(26-22-34)53-39(32-11-7-5-8-12-32)42(50)47-43-46-38(29(3)52-43)31-19-15-28(2)16-20-31/h5-27,39H,4H2,1-3H3,(H,44,49)(H,45,48)(H,46,47,50)/b37-27-. The minimum absolute atomic E-state index is 0.0743. The number of benzene rings is 5. The van der Waals surface area contributed by atoms with Crippen molar-refractivity contribution >= 4 is 57.7 Å². The number of rotatable bonds is 13. The summed E-state index contributed by atoms with van der Waals surface area (Å²) in [4.78, 5) is 47.1. The first-order chi connectivity index (χ1) is 25.7. The number of nitrogens with zero attached hydrogens (tertiary/aromatic N) is 1. The second-order valence-corrected chi connectivity index (χ2v) is 14.4. The lowest BCUT2D eigenvalue weighted by Crippen LogP contribution is -2.30. The first kappa shape index (κ1) is 36.8. The van der Waals surface area contributed by atoms with Crippen LogP contribution in [-0.2, 0) is 9.59 Å². The summed E-state index contributed by atoms with van der Waals surface area (Å²) in [5, 5.41) is 8.69. The van der Waals surface area contributed by atoms with Gasteiger partial charge in [-0.15, -0.1) is 23.1 Å². The van der Waals surface area contributed by atoms with E-state index in [9.17, 15) is 14.4 Å². The van der Waals surface area contributed by atoms with Gasteiger partial charge in [-0.2, -0.15) is 0 Å². The highest BCUT2D eigenvalue weighted by Crippen LogP contribution is 2.38. The predicted octanol–water partition coefficient (Wildman–Crippen LogP) is 9.71. The summed E-state index contributed by atoms with van der Waals surface area (Å²) in [5.74, 6) is -0.386. The molecule has 0 aliphatic rings. The zero-order valence-corrected chi connectivity index (χ0v) is 31.1. The van der Waals surface area contributed by atoms with Gasteiger partial charge in [0.15, 0.2) is 5.13 Å². The fourth-order valence-electron chi connectivity index (χ4n) is 5.39. The molecule has 3 amide bonds. The number of thiazole rings is 1. The largest absolute Gasteiger partial charge is 0.494 e. The first-order valence-corrected chi connectivity index (χ1v) is 18.7. The van der Waals surface area contributed by atoms with Gasteiger partial charge in [0, 0.05) is 26.6 Å². The highest BCUT2D eigenvalue weighted by molar-refractivity contribution is 8.00. The van der Waals surface area contributed by atoms with Gasteiger partial charge in [0.25, 0.3) is 11.8 Å². The molecule has 6 rings (SSSR count). The third-order valence-electron chi connectivity index (χ3n) is 8.09. The van der Waals surface area contributed by atoms with Crippen LogP contribution in [0.5, 0.6) is 5.75 Å². The molecule has 3 N–H and O–H groups in total. The van der Waals surface area contributed by atoms with Gasteiger partial charge in [-0.1, -0.05) is 90.5 Å². The van der Waals surface area contributed by atoms with Crippen molar-refractivity contribution in [3.8, 4) is 17.0 Å². The lowest BCUT2D eigenvalue weighted by atomic mass is 10.1. The Labute approximate surface area is 317 Å². The van der Waals surface area contributed by atoms with Gasteiger partial charge in [-0.3, -0.25) is 14.4 Å². The second kappa shape index (κ2) is 17.5. The highest BCUT2D eigenvalue weighted by Gasteiger charge is 2.24. The maximum Gasteiger partial charge on any atom is 0.272 e. The molecule has 0 saturated carbocycles. The van der Waals surface area contributed by atoms with Crippen molar-refractivity contribution in [1.82, 2.24) is 10.3 Å². The van der Waals surface area contributed by atoms with Crippen LogP contribution in [0, 0.1) is 13.8 Å². The second-order valence-electron chi connectivity index (χ2n) is 12.0. The molecule has 53 heavy (non-hydrogen) atoms. The Morgan fingerprint density at radius 2 is 1.45 bits per heavy atom. The molecule has 5 aromatic carbocycles. The third kappa shape index (κ3) is 9.88. The average Bonchev–Trinajstić information content (AvgIpc) is 3.55. The van der Waals surface area contributed by atoms with Gasteiger partial charge >= 0.3 is 0 Å². The zero-order valence-electron chi connectivity index (χ0n) is 29.5. The van der Waals surface area contributed by atoms with Crippen LogP contribution >= 0.6 is 23.1 Å². The SMILES string of the molecule is CCOc1ccc(/C=C(\NC(=O)c2ccccc2)C(=O)Nc2ccc(SC(C(=O)Nc3nc(-c4ccc(C)cc4)c(C)s3)c3ccccc3)cc2)cc1. The van der Waals surface area contributed by atoms with Crippen LogP contribution in [0.25, 0.3) is 17.3 Å². The molecule has 0 aliphatic carbocycles. The van der Waals surface area contributed by atoms with Crippen LogP contribution in [0.2, 0.25) is 0 Å². The molecule has 0 bridgehead atoms. The number of carbonyl (C=O) groups is 3. The number of aromatic nitrogens is 1. The molecule has 8 nitrogen and oxygen atoms in total. The van der Waals surface area contributed by atoms with E-state index in [-0.39, 0.29) is 11.6 Å². The molecule has 1 atom stereocenters. The fraction of sp³-hybridized carbons (Fsp3) is 0.116. The van der Waals surface area contributed by atoms with Gasteiger partial charge < -0.3 is 20.7 Å². The fourth-order valence-corrected chi connectivity index (χ4v) is 7.25. The van der Waals surface area contributed by atoms with Gasteiger partial charge in [0.05, 0.1) is 12.3 Å². The molecule has 0 aliphatic heterocycles. The van der Waals surface area contributed by atoms with E-state index < -0.39 is 17.1 Å². The summed E-state index contributed by atoms with van der Waals surface area (Å²) >= 11 is 2.84. The van der Waals surface area contributed by atoms with Crippen molar-refractivity contribution in [2.45, 2.75) is 30.9 Å². The number of ether oxygens (including phenoxy) is 1. The number of aryl methyl sites for hydroxylation is 2. The molecule has 6 aromatic rings. The lowest BCUT2D eigenvalue weighted by molar-refractivity contribution is -0.116. The molecule has 1 unspecified atom stereocenters. The van der Waals surface area contributed by atoms with E-state index in [2.05, 4.69) is 16.0 Å². The van der Waals surface area contributed by atoms with Crippen LogP contribution in [0.4, 0.5) is 10.8 Å². The molecular weight excluding hydrogens is 701 g/mol. The van der Waals surface area contributed by atoms with E-state index in [0.717, 1.165) is 26.6 Å². The maximum atomic E-state index is 13.8. The van der Waals surface area contributed by atoms with E-state index in [4.69, 9.17) is 9.72 Å². The molecular formula is C43H38N4O4S2. The van der Waals surface area contributed by atoms with Gasteiger partial charge in [-0.05, 0) is 86.5 Å². The lowest BCUT2D eigenvalue weighted by Gasteiger charge is -2.17. The Hall–Kier alpha value is -5.97. The molecule has 266 valence electrons.